The quantitative estimate of drug-likeness (QED) is 0.0946. The Morgan fingerprint density at radius 3 is 1.08 bits per heavy atom. The van der Waals surface area contributed by atoms with Gasteiger partial charge < -0.3 is 20.2 Å². The molecule has 7 rings (SSSR count). The summed E-state index contributed by atoms with van der Waals surface area (Å²) in [4.78, 5) is 38.0. The summed E-state index contributed by atoms with van der Waals surface area (Å²) < 4.78 is 0. The van der Waals surface area contributed by atoms with Crippen LogP contribution in [0.2, 0.25) is 0 Å². The van der Waals surface area contributed by atoms with Crippen molar-refractivity contribution in [2.75, 3.05) is 0 Å². The number of rotatable bonds is 8. The summed E-state index contributed by atoms with van der Waals surface area (Å²) >= 11 is 0. The van der Waals surface area contributed by atoms with Gasteiger partial charge in [0.15, 0.2) is 0 Å². The van der Waals surface area contributed by atoms with Crippen molar-refractivity contribution in [2.24, 2.45) is 0 Å². The highest BCUT2D eigenvalue weighted by atomic mass is 16.6. The van der Waals surface area contributed by atoms with E-state index < -0.39 is 9.85 Å². The zero-order chi connectivity index (χ0) is 33.4. The molecule has 234 valence electrons. The van der Waals surface area contributed by atoms with Crippen LogP contribution in [-0.4, -0.2) is 40.0 Å². The monoisotopic (exact) mass is 636 g/mol. The van der Waals surface area contributed by atoms with Crippen molar-refractivity contribution in [3.63, 3.8) is 0 Å². The Morgan fingerprint density at radius 2 is 0.729 bits per heavy atom. The molecule has 7 aromatic rings. The van der Waals surface area contributed by atoms with Crippen molar-refractivity contribution in [3.8, 4) is 79.3 Å². The number of H-pyrrole nitrogens is 2. The fourth-order valence-electron chi connectivity index (χ4n) is 5.38. The largest absolute Gasteiger partial charge is 0.508 e. The van der Waals surface area contributed by atoms with E-state index in [2.05, 4.69) is 9.97 Å². The molecular formula is C36H24N6O6. The van der Waals surface area contributed by atoms with Crippen LogP contribution in [0.3, 0.4) is 0 Å². The summed E-state index contributed by atoms with van der Waals surface area (Å²) in [6.07, 6.45) is 0. The van der Waals surface area contributed by atoms with Gasteiger partial charge in [-0.05, 0) is 72.8 Å². The number of phenols is 2. The fourth-order valence-corrected chi connectivity index (χ4v) is 5.38. The Hall–Kier alpha value is -7.08. The first kappa shape index (κ1) is 29.6. The molecule has 5 aromatic carbocycles. The van der Waals surface area contributed by atoms with Crippen molar-refractivity contribution in [1.82, 2.24) is 19.9 Å². The van der Waals surface area contributed by atoms with E-state index in [0.29, 0.717) is 39.9 Å². The maximum Gasteiger partial charge on any atom is 0.269 e. The number of phenolic OH excluding ortho intramolecular Hbond substituents is 2. The third-order valence-corrected chi connectivity index (χ3v) is 7.85. The van der Waals surface area contributed by atoms with Gasteiger partial charge in [-0.15, -0.1) is 0 Å². The number of imidazole rings is 2. The van der Waals surface area contributed by atoms with Crippen LogP contribution >= 0.6 is 0 Å². The number of aromatic nitrogens is 4. The lowest BCUT2D eigenvalue weighted by Gasteiger charge is -2.04. The summed E-state index contributed by atoms with van der Waals surface area (Å²) in [5.41, 5.74) is 6.88. The van der Waals surface area contributed by atoms with Crippen molar-refractivity contribution < 1.29 is 20.1 Å². The first-order chi connectivity index (χ1) is 23.2. The second kappa shape index (κ2) is 12.0. The molecule has 0 spiro atoms. The molecule has 0 aliphatic carbocycles. The van der Waals surface area contributed by atoms with Crippen LogP contribution in [0.1, 0.15) is 0 Å². The fraction of sp³-hybridized carbons (Fsp3) is 0. The molecule has 0 saturated carbocycles. The smallest absolute Gasteiger partial charge is 0.269 e. The Kier molecular flexibility index (Phi) is 7.42. The minimum Gasteiger partial charge on any atom is -0.508 e. The first-order valence-electron chi connectivity index (χ1n) is 14.6. The number of nitrogens with one attached hydrogen (secondary N) is 2. The summed E-state index contributed by atoms with van der Waals surface area (Å²) in [6, 6.07) is 33.2. The van der Waals surface area contributed by atoms with Crippen LogP contribution in [0, 0.1) is 20.2 Å². The molecule has 0 unspecified atom stereocenters. The lowest BCUT2D eigenvalue weighted by atomic mass is 10.0. The number of non-ortho nitro benzene ring substituents is 2. The molecule has 0 fully saturated rings. The highest BCUT2D eigenvalue weighted by Gasteiger charge is 2.19. The topological polar surface area (TPSA) is 184 Å². The van der Waals surface area contributed by atoms with Crippen LogP contribution in [0.4, 0.5) is 11.4 Å². The first-order valence-corrected chi connectivity index (χ1v) is 14.6. The summed E-state index contributed by atoms with van der Waals surface area (Å²) in [6.45, 7) is 0. The second-order valence-electron chi connectivity index (χ2n) is 10.9. The summed E-state index contributed by atoms with van der Waals surface area (Å²) in [5, 5.41) is 42.1. The molecule has 12 heteroatoms. The SMILES string of the molecule is O=[N+]([O-])c1ccc(-c2nc(-c3ccc(-c4nc(-c5ccc(O)cc5)c(-c5ccc(O)cc5)[nH]4)cc3)[nH]c2-c2ccc([N+](=O)[O-])cc2)cc1. The second-order valence-corrected chi connectivity index (χ2v) is 10.9. The van der Waals surface area contributed by atoms with Gasteiger partial charge in [-0.3, -0.25) is 20.2 Å². The normalized spacial score (nSPS) is 11.0. The van der Waals surface area contributed by atoms with Gasteiger partial charge in [-0.25, -0.2) is 9.97 Å². The van der Waals surface area contributed by atoms with Crippen LogP contribution in [-0.2, 0) is 0 Å². The summed E-state index contributed by atoms with van der Waals surface area (Å²) in [5.74, 6) is 1.41. The van der Waals surface area contributed by atoms with Gasteiger partial charge in [-0.2, -0.15) is 0 Å². The van der Waals surface area contributed by atoms with Crippen LogP contribution in [0.25, 0.3) is 67.8 Å². The van der Waals surface area contributed by atoms with Gasteiger partial charge >= 0.3 is 0 Å². The Bertz CT molecular complexity index is 2140. The molecule has 0 atom stereocenters. The number of benzene rings is 5. The molecule has 0 aliphatic heterocycles. The predicted molar refractivity (Wildman–Crippen MR) is 180 cm³/mol. The number of nitro groups is 2. The van der Waals surface area contributed by atoms with E-state index in [4.69, 9.17) is 9.97 Å². The molecular weight excluding hydrogens is 612 g/mol. The number of nitrogens with zero attached hydrogens (tertiary/aromatic N) is 4. The third-order valence-electron chi connectivity index (χ3n) is 7.85. The predicted octanol–water partition coefficient (Wildman–Crippen LogP) is 8.36. The van der Waals surface area contributed by atoms with Crippen molar-refractivity contribution >= 4 is 11.4 Å². The Balaban J connectivity index is 1.27. The number of hydrogen-bond donors (Lipinski definition) is 4. The molecule has 48 heavy (non-hydrogen) atoms. The van der Waals surface area contributed by atoms with Gasteiger partial charge in [0.1, 0.15) is 23.1 Å². The maximum absolute atomic E-state index is 11.2. The Labute approximate surface area is 272 Å². The molecule has 2 aromatic heterocycles. The van der Waals surface area contributed by atoms with E-state index in [1.165, 1.54) is 24.3 Å². The number of aromatic hydroxyl groups is 2. The van der Waals surface area contributed by atoms with Gasteiger partial charge in [0, 0.05) is 57.6 Å². The van der Waals surface area contributed by atoms with Crippen molar-refractivity contribution in [3.05, 3.63) is 142 Å². The van der Waals surface area contributed by atoms with E-state index in [-0.39, 0.29) is 22.9 Å². The maximum atomic E-state index is 11.2. The average molecular weight is 637 g/mol. The molecule has 0 aliphatic rings. The third kappa shape index (κ3) is 5.72. The molecule has 0 amide bonds. The van der Waals surface area contributed by atoms with Crippen molar-refractivity contribution in [2.45, 2.75) is 0 Å². The molecule has 12 nitrogen and oxygen atoms in total. The molecule has 0 radical (unpaired) electrons. The van der Waals surface area contributed by atoms with Crippen molar-refractivity contribution in [1.29, 1.82) is 0 Å². The summed E-state index contributed by atoms with van der Waals surface area (Å²) in [7, 11) is 0. The molecule has 2 heterocycles. The lowest BCUT2D eigenvalue weighted by Crippen LogP contribution is -1.89. The highest BCUT2D eigenvalue weighted by molar-refractivity contribution is 5.84. The minimum absolute atomic E-state index is 0.0500. The number of aromatic amines is 2. The van der Waals surface area contributed by atoms with Gasteiger partial charge in [0.25, 0.3) is 11.4 Å². The molecule has 0 saturated heterocycles. The zero-order valence-electron chi connectivity index (χ0n) is 24.9. The van der Waals surface area contributed by atoms with E-state index in [1.807, 2.05) is 24.3 Å². The van der Waals surface area contributed by atoms with E-state index >= 15 is 0 Å². The van der Waals surface area contributed by atoms with E-state index in [0.717, 1.165) is 27.9 Å². The minimum atomic E-state index is -0.473. The van der Waals surface area contributed by atoms with Crippen LogP contribution in [0.15, 0.2) is 121 Å². The zero-order valence-corrected chi connectivity index (χ0v) is 24.9. The standard InChI is InChI=1S/C36H24N6O6/c43-29-17-9-23(10-18-29)33-34(24-11-19-30(44)20-12-24)40-36(39-33)26-3-1-25(2-4-26)35-37-31(21-5-13-27(14-6-21)41(45)46)32(38-35)22-7-15-28(16-8-22)42(47)48/h1-20,43-44H,(H,37,38)(H,39,40). The average Bonchev–Trinajstić information content (AvgIpc) is 3.75. The van der Waals surface area contributed by atoms with Crippen LogP contribution in [0.5, 0.6) is 11.5 Å². The van der Waals surface area contributed by atoms with E-state index in [9.17, 15) is 30.4 Å². The Morgan fingerprint density at radius 1 is 0.438 bits per heavy atom. The number of nitro benzene ring substituents is 2. The van der Waals surface area contributed by atoms with E-state index in [1.54, 1.807) is 72.8 Å². The lowest BCUT2D eigenvalue weighted by molar-refractivity contribution is -0.385. The van der Waals surface area contributed by atoms with Crippen LogP contribution < -0.4 is 0 Å². The van der Waals surface area contributed by atoms with Gasteiger partial charge in [0.2, 0.25) is 0 Å². The number of hydrogen-bond acceptors (Lipinski definition) is 8. The molecule has 0 bridgehead atoms. The van der Waals surface area contributed by atoms with Gasteiger partial charge in [0.05, 0.1) is 32.6 Å². The van der Waals surface area contributed by atoms with Gasteiger partial charge in [-0.1, -0.05) is 24.3 Å². The molecule has 4 N–H and O–H groups in total. The highest BCUT2D eigenvalue weighted by Crippen LogP contribution is 2.37.